The van der Waals surface area contributed by atoms with Gasteiger partial charge >= 0.3 is 0 Å². The van der Waals surface area contributed by atoms with Crippen LogP contribution in [0.5, 0.6) is 0 Å². The maximum absolute atomic E-state index is 14.2. The van der Waals surface area contributed by atoms with Gasteiger partial charge in [-0.3, -0.25) is 0 Å². The molecule has 114 heavy (non-hydrogen) atoms. The third kappa shape index (κ3) is 16.6. The zero-order chi connectivity index (χ0) is 82.6. The molecule has 0 aliphatic heterocycles. The normalized spacial score (nSPS) is 13.1. The van der Waals surface area contributed by atoms with Crippen LogP contribution in [0.2, 0.25) is 0 Å². The number of nitrogens with zero attached hydrogens (tertiary/aromatic N) is 4. The average molecular weight is 1550 g/mol. The molecule has 14 aromatic rings. The number of hydrogen-bond acceptors (Lipinski definition) is 6. The van der Waals surface area contributed by atoms with Crippen LogP contribution in [0.3, 0.4) is 0 Å². The van der Waals surface area contributed by atoms with Crippen molar-refractivity contribution in [2.45, 2.75) is 229 Å². The second-order valence-corrected chi connectivity index (χ2v) is 43.3. The third-order valence-corrected chi connectivity index (χ3v) is 26.2. The van der Waals surface area contributed by atoms with E-state index in [0.717, 1.165) is 67.6 Å². The number of sulfone groups is 2. The number of fused-ring (bicyclic) bond motifs is 6. The van der Waals surface area contributed by atoms with E-state index in [-0.39, 0.29) is 62.9 Å². The minimum atomic E-state index is -3.81. The Bertz CT molecular complexity index is 5490. The summed E-state index contributed by atoms with van der Waals surface area (Å²) in [6.07, 6.45) is 0. The first-order valence-electron chi connectivity index (χ1n) is 40.2. The average Bonchev–Trinajstić information content (AvgIpc) is 1.58. The molecule has 12 aromatic carbocycles. The number of hydrogen-bond donors (Lipinski definition) is 0. The summed E-state index contributed by atoms with van der Waals surface area (Å²) in [7, 11) is -7.59. The fourth-order valence-corrected chi connectivity index (χ4v) is 17.7. The van der Waals surface area contributed by atoms with Gasteiger partial charge in [-0.1, -0.05) is 239 Å². The summed E-state index contributed by atoms with van der Waals surface area (Å²) >= 11 is 0. The van der Waals surface area contributed by atoms with Crippen LogP contribution in [-0.2, 0) is 63.0 Å². The SMILES string of the molecule is CC(C)(C)c1ccc(N(c2ccc(C(C)(C)C)cc2)c2ccc(S(=O)(=O)c3ccc(N(c4ccc(C(C)(C)C)cc4)c4ccc(C(C)(C)C)cc4)cc3)cc2)cc1.CC(C)(C)c1ccc2c(c1)c1cc(C(C)(C)C)ccc1n2-c1ccc(S(=O)(=O)c2ccc(-n3c4ccc(C(C)(C)C)cc4c4cc(C(C)(C)C)ccc43)cc2)cc1. The highest BCUT2D eigenvalue weighted by Gasteiger charge is 2.29. The van der Waals surface area contributed by atoms with Crippen LogP contribution in [-0.4, -0.2) is 26.0 Å². The predicted octanol–water partition coefficient (Wildman–Crippen LogP) is 28.6. The van der Waals surface area contributed by atoms with Gasteiger partial charge in [0.15, 0.2) is 0 Å². The van der Waals surface area contributed by atoms with Crippen LogP contribution < -0.4 is 9.80 Å². The highest BCUT2D eigenvalue weighted by atomic mass is 32.2. The van der Waals surface area contributed by atoms with E-state index in [0.29, 0.717) is 0 Å². The quantitative estimate of drug-likeness (QED) is 0.121. The smallest absolute Gasteiger partial charge is 0.206 e. The molecule has 14 rings (SSSR count). The van der Waals surface area contributed by atoms with E-state index in [1.807, 2.05) is 48.5 Å². The van der Waals surface area contributed by atoms with Crippen LogP contribution >= 0.6 is 0 Å². The van der Waals surface area contributed by atoms with E-state index in [9.17, 15) is 16.8 Å². The summed E-state index contributed by atoms with van der Waals surface area (Å²) in [4.78, 5) is 5.40. The topological polar surface area (TPSA) is 84.6 Å². The second-order valence-electron chi connectivity index (χ2n) is 39.4. The summed E-state index contributed by atoms with van der Waals surface area (Å²) in [5, 5.41) is 4.81. The van der Waals surface area contributed by atoms with E-state index < -0.39 is 19.7 Å². The van der Waals surface area contributed by atoms with E-state index in [2.05, 4.69) is 355 Å². The molecule has 0 spiro atoms. The van der Waals surface area contributed by atoms with Crippen LogP contribution in [0.4, 0.5) is 34.1 Å². The molecule has 0 aliphatic rings. The van der Waals surface area contributed by atoms with Crippen molar-refractivity contribution in [1.82, 2.24) is 9.13 Å². The van der Waals surface area contributed by atoms with Crippen LogP contribution in [0.25, 0.3) is 55.0 Å². The fourth-order valence-electron chi connectivity index (χ4n) is 15.2. The summed E-state index contributed by atoms with van der Waals surface area (Å²) < 4.78 is 61.2. The van der Waals surface area contributed by atoms with Crippen molar-refractivity contribution >= 4 is 97.4 Å². The Kier molecular flexibility index (Phi) is 21.2. The van der Waals surface area contributed by atoms with E-state index in [1.165, 1.54) is 66.1 Å². The zero-order valence-electron chi connectivity index (χ0n) is 71.6. The van der Waals surface area contributed by atoms with Crippen molar-refractivity contribution < 1.29 is 16.8 Å². The number of benzene rings is 12. The fraction of sp³-hybridized carbons (Fsp3) is 0.308. The molecule has 0 unspecified atom stereocenters. The Hall–Kier alpha value is -10.3. The largest absolute Gasteiger partial charge is 0.311 e. The maximum atomic E-state index is 14.2. The molecular weight excluding hydrogens is 1430 g/mol. The lowest BCUT2D eigenvalue weighted by Crippen LogP contribution is -2.14. The zero-order valence-corrected chi connectivity index (χ0v) is 73.3. The molecule has 0 radical (unpaired) electrons. The summed E-state index contributed by atoms with van der Waals surface area (Å²) in [5.41, 5.74) is 22.3. The summed E-state index contributed by atoms with van der Waals surface area (Å²) in [6.45, 7) is 53.5. The number of aromatic nitrogens is 2. The first-order valence-corrected chi connectivity index (χ1v) is 43.2. The molecule has 0 amide bonds. The summed E-state index contributed by atoms with van der Waals surface area (Å²) in [6, 6.07) is 90.8. The molecule has 0 fully saturated rings. The molecule has 2 aromatic heterocycles. The lowest BCUT2D eigenvalue weighted by atomic mass is 9.85. The van der Waals surface area contributed by atoms with Gasteiger partial charge in [-0.05, 0) is 282 Å². The van der Waals surface area contributed by atoms with Crippen molar-refractivity contribution in [3.63, 3.8) is 0 Å². The number of rotatable bonds is 12. The lowest BCUT2D eigenvalue weighted by Gasteiger charge is -2.28. The summed E-state index contributed by atoms with van der Waals surface area (Å²) in [5.74, 6) is 0. The van der Waals surface area contributed by atoms with Crippen LogP contribution in [0, 0.1) is 0 Å². The molecule has 10 heteroatoms. The highest BCUT2D eigenvalue weighted by molar-refractivity contribution is 7.91. The van der Waals surface area contributed by atoms with Crippen molar-refractivity contribution in [3.05, 3.63) is 311 Å². The minimum Gasteiger partial charge on any atom is -0.311 e. The molecule has 0 saturated carbocycles. The van der Waals surface area contributed by atoms with Gasteiger partial charge in [0.2, 0.25) is 19.7 Å². The first kappa shape index (κ1) is 81.7. The Morgan fingerprint density at radius 1 is 0.193 bits per heavy atom. The minimum absolute atomic E-state index is 0.00816. The standard InChI is InChI=1S/C52H56N2O2S.C52H60N2O2S/c1-49(2,3)33-13-25-45-41(29-33)42-30-34(50(4,5)6)14-26-46(42)53(45)37-17-21-39(22-18-37)57(55,56)40-23-19-38(20-24-40)54-47-27-15-35(51(7,8)9)31-43(47)44-32-36(52(10,11)12)16-28-48(44)54;1-49(2,3)37-13-21-41(22-14-37)53(42-23-15-38(16-24-42)50(4,5)6)45-29-33-47(34-30-45)57(55,56)48-35-31-46(32-36-48)54(43-25-17-39(18-26-43)51(7,8)9)44-27-19-40(20-28-44)52(10,11)12/h13-32H,1-12H3;13-36H,1-12H3. The maximum Gasteiger partial charge on any atom is 0.206 e. The van der Waals surface area contributed by atoms with Gasteiger partial charge < -0.3 is 18.9 Å². The van der Waals surface area contributed by atoms with Crippen molar-refractivity contribution in [3.8, 4) is 11.4 Å². The van der Waals surface area contributed by atoms with Gasteiger partial charge in [-0.2, -0.15) is 0 Å². The molecule has 0 N–H and O–H groups in total. The van der Waals surface area contributed by atoms with Crippen LogP contribution in [0.1, 0.15) is 211 Å². The van der Waals surface area contributed by atoms with Gasteiger partial charge in [0, 0.05) is 67.0 Å². The van der Waals surface area contributed by atoms with Crippen molar-refractivity contribution in [2.24, 2.45) is 0 Å². The van der Waals surface area contributed by atoms with Crippen molar-refractivity contribution in [2.75, 3.05) is 9.80 Å². The van der Waals surface area contributed by atoms with Gasteiger partial charge in [-0.15, -0.1) is 0 Å². The third-order valence-electron chi connectivity index (χ3n) is 22.6. The number of anilines is 6. The molecule has 0 bridgehead atoms. The lowest BCUT2D eigenvalue weighted by molar-refractivity contribution is 0.590. The van der Waals surface area contributed by atoms with Gasteiger partial charge in [0.1, 0.15) is 0 Å². The van der Waals surface area contributed by atoms with Crippen molar-refractivity contribution in [1.29, 1.82) is 0 Å². The Morgan fingerprint density at radius 2 is 0.342 bits per heavy atom. The Morgan fingerprint density at radius 3 is 0.509 bits per heavy atom. The van der Waals surface area contributed by atoms with E-state index >= 15 is 0 Å². The molecular formula is C104H116N4O4S2. The Labute approximate surface area is 680 Å². The van der Waals surface area contributed by atoms with Crippen LogP contribution in [0.15, 0.2) is 287 Å². The monoisotopic (exact) mass is 1550 g/mol. The first-order chi connectivity index (χ1) is 53.1. The van der Waals surface area contributed by atoms with E-state index in [4.69, 9.17) is 0 Å². The molecule has 8 nitrogen and oxygen atoms in total. The van der Waals surface area contributed by atoms with Gasteiger partial charge in [-0.25, -0.2) is 16.8 Å². The van der Waals surface area contributed by atoms with Gasteiger partial charge in [0.25, 0.3) is 0 Å². The molecule has 0 atom stereocenters. The Balaban J connectivity index is 0.000000199. The highest BCUT2D eigenvalue weighted by Crippen LogP contribution is 2.45. The second kappa shape index (κ2) is 29.5. The van der Waals surface area contributed by atoms with E-state index in [1.54, 1.807) is 48.5 Å². The molecule has 0 aliphatic carbocycles. The molecule has 2 heterocycles. The van der Waals surface area contributed by atoms with Gasteiger partial charge in [0.05, 0.1) is 41.6 Å². The molecule has 588 valence electrons. The predicted molar refractivity (Wildman–Crippen MR) is 484 cm³/mol. The molecule has 0 saturated heterocycles.